The van der Waals surface area contributed by atoms with Gasteiger partial charge in [-0.05, 0) is 65.4 Å². The van der Waals surface area contributed by atoms with Crippen LogP contribution in [0.5, 0.6) is 17.4 Å². The molecule has 15 heteroatoms. The Kier molecular flexibility index (Phi) is 8.74. The van der Waals surface area contributed by atoms with E-state index in [9.17, 15) is 14.4 Å². The lowest BCUT2D eigenvalue weighted by atomic mass is 10.1. The Morgan fingerprint density at radius 3 is 2.57 bits per heavy atom. The number of methoxy groups -OCH3 is 1. The molecule has 0 saturated carbocycles. The third-order valence-electron chi connectivity index (χ3n) is 6.76. The number of oxazole rings is 1. The number of nitrogens with one attached hydrogen (secondary N) is 1. The summed E-state index contributed by atoms with van der Waals surface area (Å²) >= 11 is 0. The fourth-order valence-corrected chi connectivity index (χ4v) is 4.83. The maximum Gasteiger partial charge on any atom is 0.349 e. The predicted molar refractivity (Wildman–Crippen MR) is 166 cm³/mol. The van der Waals surface area contributed by atoms with Crippen molar-refractivity contribution in [3.63, 3.8) is 0 Å². The van der Waals surface area contributed by atoms with Crippen LogP contribution in [0.15, 0.2) is 89.2 Å². The Morgan fingerprint density at radius 1 is 0.978 bits per heavy atom. The van der Waals surface area contributed by atoms with E-state index in [0.29, 0.717) is 40.2 Å². The van der Waals surface area contributed by atoms with Crippen LogP contribution in [-0.4, -0.2) is 52.3 Å². The smallest absolute Gasteiger partial charge is 0.349 e. The van der Waals surface area contributed by atoms with Gasteiger partial charge in [-0.1, -0.05) is 36.4 Å². The lowest BCUT2D eigenvalue weighted by Gasteiger charge is -2.12. The molecule has 3 aromatic heterocycles. The van der Waals surface area contributed by atoms with Crippen molar-refractivity contribution >= 4 is 13.7 Å². The van der Waals surface area contributed by atoms with E-state index < -0.39 is 7.60 Å². The zero-order chi connectivity index (χ0) is 32.1. The molecule has 46 heavy (non-hydrogen) atoms. The third kappa shape index (κ3) is 7.21. The van der Waals surface area contributed by atoms with Gasteiger partial charge in [0.2, 0.25) is 11.8 Å². The van der Waals surface area contributed by atoms with Gasteiger partial charge in [0.05, 0.1) is 18.4 Å². The zero-order valence-electron chi connectivity index (χ0n) is 24.6. The van der Waals surface area contributed by atoms with Crippen molar-refractivity contribution < 1.29 is 33.0 Å². The Morgan fingerprint density at radius 2 is 1.80 bits per heavy atom. The van der Waals surface area contributed by atoms with Crippen LogP contribution in [0.2, 0.25) is 0 Å². The highest BCUT2D eigenvalue weighted by Gasteiger charge is 2.16. The van der Waals surface area contributed by atoms with Crippen LogP contribution in [0.25, 0.3) is 34.6 Å². The molecule has 6 rings (SSSR count). The van der Waals surface area contributed by atoms with Gasteiger partial charge in [-0.3, -0.25) is 4.57 Å². The first kappa shape index (κ1) is 30.5. The highest BCUT2D eigenvalue weighted by atomic mass is 31.2. The molecule has 0 aliphatic rings. The number of aromatic nitrogens is 7. The molecule has 0 aliphatic carbocycles. The minimum atomic E-state index is -4.39. The molecule has 14 nitrogen and oxygen atoms in total. The lowest BCUT2D eigenvalue weighted by Crippen LogP contribution is -2.02. The quantitative estimate of drug-likeness (QED) is 0.146. The van der Waals surface area contributed by atoms with Crippen LogP contribution < -0.4 is 14.2 Å². The van der Waals surface area contributed by atoms with Crippen LogP contribution in [0.4, 0.5) is 0 Å². The maximum absolute atomic E-state index is 11.5. The van der Waals surface area contributed by atoms with Crippen LogP contribution >= 0.6 is 7.60 Å². The summed E-state index contributed by atoms with van der Waals surface area (Å²) in [4.78, 5) is 23.3. The van der Waals surface area contributed by atoms with Crippen molar-refractivity contribution in [3.8, 4) is 45.9 Å². The van der Waals surface area contributed by atoms with Crippen molar-refractivity contribution in [2.45, 2.75) is 20.1 Å². The summed E-state index contributed by atoms with van der Waals surface area (Å²) in [6.45, 7) is 2.06. The molecule has 6 aromatic rings. The van der Waals surface area contributed by atoms with Gasteiger partial charge in [0.1, 0.15) is 24.7 Å². The van der Waals surface area contributed by atoms with Crippen molar-refractivity contribution in [2.24, 2.45) is 0 Å². The summed E-state index contributed by atoms with van der Waals surface area (Å²) in [7, 11) is -2.85. The molecule has 0 atom stereocenters. The summed E-state index contributed by atoms with van der Waals surface area (Å²) in [5.41, 5.74) is 4.11. The normalized spacial score (nSPS) is 11.7. The van der Waals surface area contributed by atoms with Crippen molar-refractivity contribution in [3.05, 3.63) is 107 Å². The van der Waals surface area contributed by atoms with Crippen molar-refractivity contribution in [1.82, 2.24) is 35.4 Å². The molecule has 0 radical (unpaired) electrons. The number of ether oxygens (including phenoxy) is 3. The molecule has 0 saturated heterocycles. The molecular weight excluding hydrogens is 613 g/mol. The highest BCUT2D eigenvalue weighted by molar-refractivity contribution is 7.55. The molecule has 0 spiro atoms. The Hall–Kier alpha value is -5.56. The van der Waals surface area contributed by atoms with Crippen LogP contribution in [0, 0.1) is 6.92 Å². The number of aromatic amines is 1. The maximum atomic E-state index is 11.5. The summed E-state index contributed by atoms with van der Waals surface area (Å²) in [5.74, 6) is 3.58. The minimum Gasteiger partial charge on any atom is -0.493 e. The lowest BCUT2D eigenvalue weighted by molar-refractivity contribution is 0.275. The summed E-state index contributed by atoms with van der Waals surface area (Å²) in [5, 5.41) is 18.4. The molecule has 0 bridgehead atoms. The molecule has 234 valence electrons. The first-order chi connectivity index (χ1) is 22.3. The fourth-order valence-electron chi connectivity index (χ4n) is 4.47. The van der Waals surface area contributed by atoms with E-state index in [1.54, 1.807) is 23.0 Å². The number of para-hydroxylation sites is 1. The largest absolute Gasteiger partial charge is 0.493 e. The van der Waals surface area contributed by atoms with Gasteiger partial charge in [0.25, 0.3) is 0 Å². The summed E-state index contributed by atoms with van der Waals surface area (Å²) < 4.78 is 36.6. The summed E-state index contributed by atoms with van der Waals surface area (Å²) in [6.07, 6.45) is 2.93. The number of aryl methyl sites for hydroxylation is 1. The second-order valence-corrected chi connectivity index (χ2v) is 11.5. The van der Waals surface area contributed by atoms with E-state index in [2.05, 4.69) is 30.7 Å². The SMILES string of the molecule is COc1cc(COc2nn(-c3ccccc3)cc2C=CP(=O)(O)O)ccc1OCc1nc(-c2cccc(-c3nnn[nH]3)c2)oc1C. The summed E-state index contributed by atoms with van der Waals surface area (Å²) in [6, 6.07) is 22.2. The molecule has 0 unspecified atom stereocenters. The van der Waals surface area contributed by atoms with Gasteiger partial charge in [-0.2, -0.15) is 0 Å². The van der Waals surface area contributed by atoms with E-state index >= 15 is 0 Å². The zero-order valence-corrected chi connectivity index (χ0v) is 25.5. The van der Waals surface area contributed by atoms with Crippen LogP contribution in [-0.2, 0) is 17.8 Å². The Labute approximate surface area is 262 Å². The average Bonchev–Trinajstić information content (AvgIpc) is 3.83. The van der Waals surface area contributed by atoms with Gasteiger partial charge >= 0.3 is 7.60 Å². The third-order valence-corrected chi connectivity index (χ3v) is 7.30. The van der Waals surface area contributed by atoms with Gasteiger partial charge in [0, 0.05) is 23.1 Å². The average molecular weight is 642 g/mol. The van der Waals surface area contributed by atoms with Gasteiger partial charge < -0.3 is 28.4 Å². The number of H-pyrrole nitrogens is 1. The van der Waals surface area contributed by atoms with Gasteiger partial charge in [0.15, 0.2) is 17.3 Å². The molecule has 3 heterocycles. The van der Waals surface area contributed by atoms with Gasteiger partial charge in [-0.25, -0.2) is 14.8 Å². The second-order valence-electron chi connectivity index (χ2n) is 9.99. The fraction of sp³-hybridized carbons (Fsp3) is 0.129. The molecular formula is C31H28N7O7P. The Balaban J connectivity index is 1.15. The van der Waals surface area contributed by atoms with E-state index in [-0.39, 0.29) is 19.1 Å². The van der Waals surface area contributed by atoms with Gasteiger partial charge in [-0.15, -0.1) is 10.2 Å². The second kappa shape index (κ2) is 13.2. The number of benzene rings is 3. The van der Waals surface area contributed by atoms with Crippen molar-refractivity contribution in [1.29, 1.82) is 0 Å². The Bertz CT molecular complexity index is 2020. The minimum absolute atomic E-state index is 0.105. The highest BCUT2D eigenvalue weighted by Crippen LogP contribution is 2.38. The monoisotopic (exact) mass is 641 g/mol. The molecule has 0 amide bonds. The standard InChI is InChI=1S/C31H28N7O7P/c1-20-26(32-30(45-20)23-8-6-7-22(16-23)29-33-36-37-34-29)19-43-27-12-11-21(15-28(27)42-2)18-44-31-24(13-14-46(39,40)41)17-38(35-31)25-9-4-3-5-10-25/h3-17H,18-19H2,1-2H3,(H2,39,40,41)(H,33,34,36,37). The molecule has 3 N–H and O–H groups in total. The molecule has 0 aliphatic heterocycles. The van der Waals surface area contributed by atoms with Crippen molar-refractivity contribution in [2.75, 3.05) is 7.11 Å². The first-order valence-electron chi connectivity index (χ1n) is 13.9. The number of hydrogen-bond donors (Lipinski definition) is 3. The van der Waals surface area contributed by atoms with Crippen LogP contribution in [0.1, 0.15) is 22.6 Å². The van der Waals surface area contributed by atoms with E-state index in [1.165, 1.54) is 13.2 Å². The molecule has 0 fully saturated rings. The van der Waals surface area contributed by atoms with E-state index in [0.717, 1.165) is 28.2 Å². The molecule has 3 aromatic carbocycles. The predicted octanol–water partition coefficient (Wildman–Crippen LogP) is 5.33. The van der Waals surface area contributed by atoms with Crippen LogP contribution in [0.3, 0.4) is 0 Å². The number of nitrogens with zero attached hydrogens (tertiary/aromatic N) is 6. The van der Waals surface area contributed by atoms with E-state index in [4.69, 9.17) is 18.6 Å². The number of rotatable bonds is 12. The topological polar surface area (TPSA) is 184 Å². The number of tetrazole rings is 1. The van der Waals surface area contributed by atoms with E-state index in [1.807, 2.05) is 67.6 Å². The number of hydrogen-bond acceptors (Lipinski definition) is 10. The first-order valence-corrected chi connectivity index (χ1v) is 15.6.